The quantitative estimate of drug-likeness (QED) is 0.418. The number of carbonyl (C=O) groups is 2. The molecule has 1 aliphatic heterocycles. The molecule has 10 nitrogen and oxygen atoms in total. The van der Waals surface area contributed by atoms with Crippen LogP contribution < -0.4 is 9.64 Å². The van der Waals surface area contributed by atoms with Crippen LogP contribution in [-0.4, -0.2) is 51.0 Å². The number of benzene rings is 1. The van der Waals surface area contributed by atoms with Crippen molar-refractivity contribution in [1.29, 1.82) is 0 Å². The first-order valence-electron chi connectivity index (χ1n) is 7.60. The number of nitro benzene ring substituents is 1. The van der Waals surface area contributed by atoms with Crippen LogP contribution in [-0.2, 0) is 23.8 Å². The maximum absolute atomic E-state index is 12.3. The minimum atomic E-state index is -0.836. The molecule has 10 heteroatoms. The number of hydrogen-bond acceptors (Lipinski definition) is 9. The molecule has 0 saturated heterocycles. The van der Waals surface area contributed by atoms with Crippen LogP contribution in [0.5, 0.6) is 5.75 Å². The van der Waals surface area contributed by atoms with E-state index in [4.69, 9.17) is 14.2 Å². The Bertz CT molecular complexity index is 759. The normalized spacial score (nSPS) is 14.0. The zero-order valence-electron chi connectivity index (χ0n) is 14.5. The molecule has 0 radical (unpaired) electrons. The fraction of sp³-hybridized carbons (Fsp3) is 0.375. The van der Waals surface area contributed by atoms with Gasteiger partial charge in [-0.2, -0.15) is 0 Å². The van der Waals surface area contributed by atoms with E-state index in [0.29, 0.717) is 12.4 Å². The molecule has 0 aromatic heterocycles. The Morgan fingerprint density at radius 3 is 2.54 bits per heavy atom. The van der Waals surface area contributed by atoms with E-state index in [1.807, 2.05) is 0 Å². The Hall–Kier alpha value is -3.14. The molecule has 0 fully saturated rings. The molecule has 0 aliphatic carbocycles. The highest BCUT2D eigenvalue weighted by Crippen LogP contribution is 2.36. The van der Waals surface area contributed by atoms with Crippen LogP contribution in [0, 0.1) is 10.1 Å². The summed E-state index contributed by atoms with van der Waals surface area (Å²) in [5.74, 6) is -1.32. The van der Waals surface area contributed by atoms with Gasteiger partial charge in [-0.1, -0.05) is 0 Å². The average molecular weight is 366 g/mol. The number of carbonyl (C=O) groups excluding carboxylic acids is 2. The summed E-state index contributed by atoms with van der Waals surface area (Å²) in [6, 6.07) is 4.17. The maximum Gasteiger partial charge on any atom is 0.355 e. The van der Waals surface area contributed by atoms with Crippen molar-refractivity contribution in [2.45, 2.75) is 6.92 Å². The fourth-order valence-electron chi connectivity index (χ4n) is 2.47. The Labute approximate surface area is 149 Å². The number of hydrogen-bond donors (Lipinski definition) is 0. The Morgan fingerprint density at radius 1 is 1.27 bits per heavy atom. The third-order valence-electron chi connectivity index (χ3n) is 3.58. The highest BCUT2D eigenvalue weighted by Gasteiger charge is 2.35. The molecule has 1 aliphatic rings. The fourth-order valence-corrected chi connectivity index (χ4v) is 2.47. The van der Waals surface area contributed by atoms with Crippen molar-refractivity contribution in [2.75, 3.05) is 39.1 Å². The second-order valence-electron chi connectivity index (χ2n) is 5.06. The number of rotatable bonds is 6. The van der Waals surface area contributed by atoms with Gasteiger partial charge in [-0.25, -0.2) is 9.59 Å². The lowest BCUT2D eigenvalue weighted by atomic mass is 10.1. The zero-order chi connectivity index (χ0) is 19.3. The topological polar surface area (TPSA) is 117 Å². The third-order valence-corrected chi connectivity index (χ3v) is 3.58. The van der Waals surface area contributed by atoms with Crippen molar-refractivity contribution >= 4 is 23.3 Å². The Balaban J connectivity index is 2.62. The van der Waals surface area contributed by atoms with Gasteiger partial charge in [0.1, 0.15) is 23.9 Å². The summed E-state index contributed by atoms with van der Waals surface area (Å²) in [5.41, 5.74) is -0.515. The molecule has 0 bridgehead atoms. The number of nitrogens with zero attached hydrogens (tertiary/aromatic N) is 2. The highest BCUT2D eigenvalue weighted by molar-refractivity contribution is 6.03. The summed E-state index contributed by atoms with van der Waals surface area (Å²) in [6.45, 7) is 1.72. The van der Waals surface area contributed by atoms with Gasteiger partial charge in [0.05, 0.1) is 44.0 Å². The standard InChI is InChI=1S/C16H18N2O8/c1-4-26-10-5-6-12(13(7-10)18(21)22)17-9-25-8-11(15(19)23-2)14(17)16(20)24-3/h5-7H,4,8-9H2,1-3H3. The lowest BCUT2D eigenvalue weighted by Crippen LogP contribution is -2.39. The SMILES string of the molecule is CCOc1ccc(N2COCC(C(=O)OC)=C2C(=O)OC)c([N+](=O)[O-])c1. The molecule has 1 aromatic carbocycles. The van der Waals surface area contributed by atoms with Gasteiger partial charge in [0.2, 0.25) is 0 Å². The monoisotopic (exact) mass is 366 g/mol. The van der Waals surface area contributed by atoms with Gasteiger partial charge in [-0.15, -0.1) is 0 Å². The van der Waals surface area contributed by atoms with Crippen molar-refractivity contribution < 1.29 is 33.5 Å². The molecule has 0 saturated carbocycles. The predicted octanol–water partition coefficient (Wildman–Crippen LogP) is 1.39. The van der Waals surface area contributed by atoms with E-state index in [1.54, 1.807) is 6.92 Å². The minimum Gasteiger partial charge on any atom is -0.494 e. The molecule has 1 aromatic rings. The summed E-state index contributed by atoms with van der Waals surface area (Å²) in [5, 5.41) is 11.5. The first kappa shape index (κ1) is 19.2. The van der Waals surface area contributed by atoms with Crippen LogP contribution in [0.25, 0.3) is 0 Å². The van der Waals surface area contributed by atoms with Crippen molar-refractivity contribution in [1.82, 2.24) is 0 Å². The number of esters is 2. The molecular formula is C16H18N2O8. The lowest BCUT2D eigenvalue weighted by Gasteiger charge is -2.30. The van der Waals surface area contributed by atoms with Crippen molar-refractivity contribution in [2.24, 2.45) is 0 Å². The van der Waals surface area contributed by atoms with Crippen LogP contribution in [0.2, 0.25) is 0 Å². The number of nitro groups is 1. The van der Waals surface area contributed by atoms with Crippen LogP contribution in [0.1, 0.15) is 6.92 Å². The van der Waals surface area contributed by atoms with Gasteiger partial charge in [0.25, 0.3) is 5.69 Å². The van der Waals surface area contributed by atoms with Crippen LogP contribution >= 0.6 is 0 Å². The van der Waals surface area contributed by atoms with E-state index in [0.717, 1.165) is 14.2 Å². The molecule has 2 rings (SSSR count). The third kappa shape index (κ3) is 3.75. The van der Waals surface area contributed by atoms with E-state index in [2.05, 4.69) is 4.74 Å². The van der Waals surface area contributed by atoms with Gasteiger partial charge in [0.15, 0.2) is 0 Å². The lowest BCUT2D eigenvalue weighted by molar-refractivity contribution is -0.384. The van der Waals surface area contributed by atoms with Gasteiger partial charge < -0.3 is 23.8 Å². The van der Waals surface area contributed by atoms with E-state index < -0.39 is 16.9 Å². The maximum atomic E-state index is 12.3. The van der Waals surface area contributed by atoms with Crippen LogP contribution in [0.4, 0.5) is 11.4 Å². The molecule has 0 unspecified atom stereocenters. The van der Waals surface area contributed by atoms with Crippen LogP contribution in [0.15, 0.2) is 29.5 Å². The summed E-state index contributed by atoms with van der Waals surface area (Å²) >= 11 is 0. The smallest absolute Gasteiger partial charge is 0.355 e. The van der Waals surface area contributed by atoms with Gasteiger partial charge >= 0.3 is 11.9 Å². The largest absolute Gasteiger partial charge is 0.494 e. The Kier molecular flexibility index (Phi) is 6.12. The number of anilines is 1. The molecule has 140 valence electrons. The molecule has 0 atom stereocenters. The molecule has 0 spiro atoms. The molecule has 26 heavy (non-hydrogen) atoms. The molecule has 0 amide bonds. The van der Waals surface area contributed by atoms with Gasteiger partial charge in [-0.05, 0) is 19.1 Å². The second-order valence-corrected chi connectivity index (χ2v) is 5.06. The summed E-state index contributed by atoms with van der Waals surface area (Å²) in [6.07, 6.45) is 0. The van der Waals surface area contributed by atoms with Crippen LogP contribution in [0.3, 0.4) is 0 Å². The van der Waals surface area contributed by atoms with Gasteiger partial charge in [0, 0.05) is 0 Å². The molecule has 0 N–H and O–H groups in total. The number of methoxy groups -OCH3 is 2. The van der Waals surface area contributed by atoms with Crippen molar-refractivity contribution in [3.8, 4) is 5.75 Å². The average Bonchev–Trinajstić information content (AvgIpc) is 2.66. The number of ether oxygens (including phenoxy) is 4. The Morgan fingerprint density at radius 2 is 1.96 bits per heavy atom. The van der Waals surface area contributed by atoms with Crippen molar-refractivity contribution in [3.05, 3.63) is 39.6 Å². The van der Waals surface area contributed by atoms with Crippen molar-refractivity contribution in [3.63, 3.8) is 0 Å². The minimum absolute atomic E-state index is 0.0555. The first-order chi connectivity index (χ1) is 12.4. The summed E-state index contributed by atoms with van der Waals surface area (Å²) in [7, 11) is 2.30. The van der Waals surface area contributed by atoms with E-state index in [9.17, 15) is 19.7 Å². The zero-order valence-corrected chi connectivity index (χ0v) is 14.5. The highest BCUT2D eigenvalue weighted by atomic mass is 16.6. The molecular weight excluding hydrogens is 348 g/mol. The molecule has 1 heterocycles. The second kappa shape index (κ2) is 8.30. The first-order valence-corrected chi connectivity index (χ1v) is 7.60. The summed E-state index contributed by atoms with van der Waals surface area (Å²) < 4.78 is 20.0. The van der Waals surface area contributed by atoms with Gasteiger partial charge in [-0.3, -0.25) is 10.1 Å². The van der Waals surface area contributed by atoms with E-state index >= 15 is 0 Å². The predicted molar refractivity (Wildman–Crippen MR) is 88.6 cm³/mol. The summed E-state index contributed by atoms with van der Waals surface area (Å²) in [4.78, 5) is 36.3. The van der Waals surface area contributed by atoms with E-state index in [-0.39, 0.29) is 36.0 Å². The van der Waals surface area contributed by atoms with E-state index in [1.165, 1.54) is 23.1 Å².